The number of hydrogen-bond acceptors (Lipinski definition) is 12. The number of nitrogens with one attached hydrogen (secondary N) is 1. The van der Waals surface area contributed by atoms with E-state index in [0.29, 0.717) is 44.8 Å². The first kappa shape index (κ1) is 29.0. The van der Waals surface area contributed by atoms with E-state index < -0.39 is 11.9 Å². The normalized spacial score (nSPS) is 17.9. The molecule has 1 atom stereocenters. The van der Waals surface area contributed by atoms with Gasteiger partial charge >= 0.3 is 5.97 Å². The minimum absolute atomic E-state index is 0.0456. The number of rotatable bonds is 7. The van der Waals surface area contributed by atoms with Gasteiger partial charge in [0.1, 0.15) is 5.82 Å². The van der Waals surface area contributed by atoms with Crippen LogP contribution in [-0.4, -0.2) is 45.7 Å². The first-order chi connectivity index (χ1) is 20.1. The van der Waals surface area contributed by atoms with Crippen LogP contribution in [0.2, 0.25) is 0 Å². The maximum absolute atomic E-state index is 13.6. The molecule has 3 aromatic rings. The zero-order valence-corrected chi connectivity index (χ0v) is 24.7. The van der Waals surface area contributed by atoms with Crippen LogP contribution in [0.5, 0.6) is 0 Å². The number of methoxy groups -OCH3 is 1. The number of thioether (sulfide) groups is 1. The molecule has 0 radical (unpaired) electrons. The standard InChI is InChI=1S/C29H27N7O4S2/c1-29(2)11-20-24(21(37)12-29)23(17-5-4-10-32-14-17)19(13-30)25(31)36(20)27-34-35-28(42-27)41-15-22(38)33-18-8-6-16(7-9-18)26(39)40-3/h4-10,14,23H,11-12,15,31H2,1-3H3,(H,33,38). The third kappa shape index (κ3) is 5.77. The second-order valence-electron chi connectivity index (χ2n) is 10.5. The van der Waals surface area contributed by atoms with Gasteiger partial charge in [-0.1, -0.05) is 43.0 Å². The summed E-state index contributed by atoms with van der Waals surface area (Å²) >= 11 is 2.42. The van der Waals surface area contributed by atoms with Gasteiger partial charge in [-0.25, -0.2) is 4.79 Å². The second-order valence-corrected chi connectivity index (χ2v) is 12.7. The molecule has 1 unspecified atom stereocenters. The summed E-state index contributed by atoms with van der Waals surface area (Å²) in [5.74, 6) is -1.14. The molecule has 13 heteroatoms. The molecule has 11 nitrogen and oxygen atoms in total. The van der Waals surface area contributed by atoms with Gasteiger partial charge in [0.2, 0.25) is 11.0 Å². The molecule has 0 bridgehead atoms. The number of Topliss-reactive ketones (excluding diaryl/α,β-unsaturated/α-hetero) is 1. The van der Waals surface area contributed by atoms with E-state index in [0.717, 1.165) is 5.56 Å². The van der Waals surface area contributed by atoms with E-state index in [9.17, 15) is 19.6 Å². The molecule has 3 N–H and O–H groups in total. The van der Waals surface area contributed by atoms with Gasteiger partial charge in [0.25, 0.3) is 0 Å². The summed E-state index contributed by atoms with van der Waals surface area (Å²) in [5.41, 5.74) is 9.42. The van der Waals surface area contributed by atoms with Gasteiger partial charge in [-0.3, -0.25) is 19.5 Å². The minimum atomic E-state index is -0.620. The van der Waals surface area contributed by atoms with Crippen molar-refractivity contribution in [2.45, 2.75) is 36.9 Å². The number of hydrogen-bond donors (Lipinski definition) is 2. The molecule has 2 aliphatic rings. The van der Waals surface area contributed by atoms with Gasteiger partial charge in [0.05, 0.1) is 36.0 Å². The van der Waals surface area contributed by atoms with E-state index in [1.807, 2.05) is 19.9 Å². The lowest BCUT2D eigenvalue weighted by Crippen LogP contribution is -2.42. The van der Waals surface area contributed by atoms with Crippen molar-refractivity contribution < 1.29 is 19.1 Å². The number of carbonyl (C=O) groups excluding carboxylic acids is 3. The minimum Gasteiger partial charge on any atom is -0.465 e. The van der Waals surface area contributed by atoms with E-state index in [-0.39, 0.29) is 34.3 Å². The molecule has 42 heavy (non-hydrogen) atoms. The first-order valence-electron chi connectivity index (χ1n) is 12.9. The maximum Gasteiger partial charge on any atom is 0.337 e. The molecule has 1 aliphatic heterocycles. The molecule has 0 spiro atoms. The predicted molar refractivity (Wildman–Crippen MR) is 158 cm³/mol. The van der Waals surface area contributed by atoms with Gasteiger partial charge < -0.3 is 15.8 Å². The molecule has 5 rings (SSSR count). The smallest absolute Gasteiger partial charge is 0.337 e. The third-order valence-electron chi connectivity index (χ3n) is 6.90. The highest BCUT2D eigenvalue weighted by molar-refractivity contribution is 8.01. The van der Waals surface area contributed by atoms with Crippen molar-refractivity contribution in [3.8, 4) is 6.07 Å². The highest BCUT2D eigenvalue weighted by Gasteiger charge is 2.45. The van der Waals surface area contributed by atoms with Crippen LogP contribution in [0.3, 0.4) is 0 Å². The van der Waals surface area contributed by atoms with Crippen LogP contribution >= 0.6 is 23.1 Å². The van der Waals surface area contributed by atoms with Gasteiger partial charge in [0.15, 0.2) is 10.1 Å². The number of ether oxygens (including phenoxy) is 1. The van der Waals surface area contributed by atoms with E-state index in [2.05, 4.69) is 31.3 Å². The largest absolute Gasteiger partial charge is 0.465 e. The molecular formula is C29H27N7O4S2. The molecule has 3 heterocycles. The Morgan fingerprint density at radius 2 is 2.00 bits per heavy atom. The number of esters is 1. The van der Waals surface area contributed by atoms with E-state index >= 15 is 0 Å². The first-order valence-corrected chi connectivity index (χ1v) is 14.7. The summed E-state index contributed by atoms with van der Waals surface area (Å²) in [7, 11) is 1.30. The number of nitrogens with two attached hydrogens (primary N) is 1. The molecule has 2 aromatic heterocycles. The van der Waals surface area contributed by atoms with Crippen LogP contribution in [-0.2, 0) is 14.3 Å². The summed E-state index contributed by atoms with van der Waals surface area (Å²) in [5, 5.41) is 22.0. The Bertz CT molecular complexity index is 1660. The van der Waals surface area contributed by atoms with Crippen LogP contribution in [0.4, 0.5) is 10.8 Å². The van der Waals surface area contributed by atoms with Crippen molar-refractivity contribution in [1.29, 1.82) is 5.26 Å². The molecule has 0 saturated heterocycles. The number of ketones is 1. The molecule has 1 aliphatic carbocycles. The fourth-order valence-corrected chi connectivity index (χ4v) is 6.77. The number of aromatic nitrogens is 3. The average molecular weight is 602 g/mol. The van der Waals surface area contributed by atoms with Crippen LogP contribution in [0.15, 0.2) is 75.8 Å². The topological polar surface area (TPSA) is 164 Å². The number of anilines is 2. The van der Waals surface area contributed by atoms with Gasteiger partial charge in [-0.2, -0.15) is 5.26 Å². The zero-order valence-electron chi connectivity index (χ0n) is 23.1. The maximum atomic E-state index is 13.6. The Hall–Kier alpha value is -4.54. The number of amides is 1. The van der Waals surface area contributed by atoms with Crippen LogP contribution < -0.4 is 16.0 Å². The van der Waals surface area contributed by atoms with E-state index in [4.69, 9.17) is 5.73 Å². The number of carbonyl (C=O) groups is 3. The van der Waals surface area contributed by atoms with Gasteiger partial charge in [-0.15, -0.1) is 10.2 Å². The van der Waals surface area contributed by atoms with Crippen molar-refractivity contribution in [2.75, 3.05) is 23.1 Å². The molecule has 1 amide bonds. The second kappa shape index (κ2) is 11.8. The average Bonchev–Trinajstić information content (AvgIpc) is 3.43. The Morgan fingerprint density at radius 3 is 2.67 bits per heavy atom. The monoisotopic (exact) mass is 601 g/mol. The summed E-state index contributed by atoms with van der Waals surface area (Å²) in [6, 6.07) is 12.2. The lowest BCUT2D eigenvalue weighted by Gasteiger charge is -2.42. The van der Waals surface area contributed by atoms with Crippen molar-refractivity contribution >= 4 is 51.6 Å². The van der Waals surface area contributed by atoms with Crippen LogP contribution in [0.25, 0.3) is 0 Å². The number of benzene rings is 1. The van der Waals surface area contributed by atoms with Gasteiger partial charge in [-0.05, 0) is 47.7 Å². The summed E-state index contributed by atoms with van der Waals surface area (Å²) in [6.45, 7) is 4.04. The quantitative estimate of drug-likeness (QED) is 0.291. The number of pyridine rings is 1. The summed E-state index contributed by atoms with van der Waals surface area (Å²) in [4.78, 5) is 43.7. The molecule has 214 valence electrons. The van der Waals surface area contributed by atoms with Crippen molar-refractivity contribution in [3.63, 3.8) is 0 Å². The Kier molecular flexibility index (Phi) is 8.11. The van der Waals surface area contributed by atoms with Crippen molar-refractivity contribution in [1.82, 2.24) is 15.2 Å². The highest BCUT2D eigenvalue weighted by atomic mass is 32.2. The fourth-order valence-electron chi connectivity index (χ4n) is 5.09. The number of nitriles is 1. The molecule has 0 fully saturated rings. The Morgan fingerprint density at radius 1 is 1.24 bits per heavy atom. The summed E-state index contributed by atoms with van der Waals surface area (Å²) in [6.07, 6.45) is 4.18. The molecular weight excluding hydrogens is 574 g/mol. The lowest BCUT2D eigenvalue weighted by molar-refractivity contribution is -0.118. The van der Waals surface area contributed by atoms with Crippen LogP contribution in [0.1, 0.15) is 48.5 Å². The van der Waals surface area contributed by atoms with Crippen molar-refractivity contribution in [2.24, 2.45) is 11.1 Å². The zero-order chi connectivity index (χ0) is 30.0. The van der Waals surface area contributed by atoms with E-state index in [1.165, 1.54) is 30.2 Å². The Balaban J connectivity index is 1.39. The molecule has 1 aromatic carbocycles. The highest BCUT2D eigenvalue weighted by Crippen LogP contribution is 2.50. The van der Waals surface area contributed by atoms with Gasteiger partial charge in [0, 0.05) is 35.8 Å². The SMILES string of the molecule is COC(=O)c1ccc(NC(=O)CSc2nnc(N3C(N)=C(C#N)C(c4cccnc4)C4=C3CC(C)(C)CC4=O)s2)cc1. The van der Waals surface area contributed by atoms with Crippen molar-refractivity contribution in [3.05, 3.63) is 82.6 Å². The van der Waals surface area contributed by atoms with Crippen LogP contribution in [0, 0.1) is 16.7 Å². The lowest BCUT2D eigenvalue weighted by atomic mass is 9.69. The summed E-state index contributed by atoms with van der Waals surface area (Å²) < 4.78 is 5.21. The van der Waals surface area contributed by atoms with E-state index in [1.54, 1.807) is 47.6 Å². The predicted octanol–water partition coefficient (Wildman–Crippen LogP) is 4.39. The third-order valence-corrected chi connectivity index (χ3v) is 8.94. The number of allylic oxidation sites excluding steroid dienone is 3. The Labute approximate surface area is 250 Å². The fraction of sp³-hybridized carbons (Fsp3) is 0.276. The number of nitrogens with zero attached hydrogens (tertiary/aromatic N) is 5. The molecule has 0 saturated carbocycles.